The minimum Gasteiger partial charge on any atom is -0.311 e. The summed E-state index contributed by atoms with van der Waals surface area (Å²) < 4.78 is 0. The van der Waals surface area contributed by atoms with Gasteiger partial charge in [0.2, 0.25) is 0 Å². The molecule has 502 valence electrons. The van der Waals surface area contributed by atoms with Gasteiger partial charge in [-0.3, -0.25) is 0 Å². The van der Waals surface area contributed by atoms with Crippen LogP contribution in [0.25, 0.3) is 66.8 Å². The van der Waals surface area contributed by atoms with Crippen molar-refractivity contribution in [1.29, 1.82) is 0 Å². The van der Waals surface area contributed by atoms with Crippen molar-refractivity contribution in [2.75, 3.05) is 9.80 Å². The van der Waals surface area contributed by atoms with Crippen LogP contribution in [0.2, 0.25) is 0 Å². The topological polar surface area (TPSA) is 6.48 Å². The Labute approximate surface area is 629 Å². The van der Waals surface area contributed by atoms with Gasteiger partial charge in [0.1, 0.15) is 0 Å². The standard InChI is InChI=1S/C102H73BN2Si2/c1-9-36-74(37-10-1)88-56-25-27-58-90(88)78-66-68-94-100(72-78)104(96-62-31-29-60-92(96)76-40-33-54-86(70-76)106(80-42-13-3-14-43-80,81-44-15-4-16-45-81)82-46-17-5-18-47-82)98-64-35-65-99-102(98)103(94)95-69-67-79(91-59-28-26-57-89(91)75-38-11-2-12-39-75)73-101(95)105(99)97-63-32-30-61-93(97)77-41-34-55-87(71-77)107(83-48-19-6-20-49-83,84-50-21-7-22-51-84)85-52-23-8-24-53-85/h1-73H. The van der Waals surface area contributed by atoms with Gasteiger partial charge in [0, 0.05) is 33.9 Å². The van der Waals surface area contributed by atoms with Crippen LogP contribution in [0, 0.1) is 0 Å². The van der Waals surface area contributed by atoms with E-state index < -0.39 is 16.1 Å². The molecule has 0 unspecified atom stereocenters. The monoisotopic (exact) mass is 1390 g/mol. The Balaban J connectivity index is 0.862. The highest BCUT2D eigenvalue weighted by Gasteiger charge is 2.46. The number of para-hydroxylation sites is 2. The Kier molecular flexibility index (Phi) is 16.8. The summed E-state index contributed by atoms with van der Waals surface area (Å²) in [4.78, 5) is 5.25. The molecule has 5 heteroatoms. The summed E-state index contributed by atoms with van der Waals surface area (Å²) in [5, 5.41) is 10.7. The van der Waals surface area contributed by atoms with Crippen molar-refractivity contribution >= 4 is 115 Å². The van der Waals surface area contributed by atoms with Gasteiger partial charge in [-0.2, -0.15) is 0 Å². The maximum atomic E-state index is 2.63. The normalized spacial score (nSPS) is 12.2. The number of anilines is 6. The molecule has 0 saturated carbocycles. The highest BCUT2D eigenvalue weighted by atomic mass is 28.3. The van der Waals surface area contributed by atoms with Gasteiger partial charge >= 0.3 is 0 Å². The van der Waals surface area contributed by atoms with Crippen LogP contribution >= 0.6 is 0 Å². The van der Waals surface area contributed by atoms with E-state index in [1.807, 2.05) is 0 Å². The summed E-state index contributed by atoms with van der Waals surface area (Å²) in [5.41, 5.74) is 24.5. The first kappa shape index (κ1) is 64.7. The van der Waals surface area contributed by atoms with Gasteiger partial charge in [-0.15, -0.1) is 0 Å². The fourth-order valence-electron chi connectivity index (χ4n) is 17.8. The lowest BCUT2D eigenvalue weighted by atomic mass is 9.33. The molecule has 0 atom stereocenters. The Morgan fingerprint density at radius 1 is 0.159 bits per heavy atom. The van der Waals surface area contributed by atoms with E-state index in [0.29, 0.717) is 0 Å². The number of benzene rings is 17. The van der Waals surface area contributed by atoms with Crippen LogP contribution in [-0.2, 0) is 0 Å². The van der Waals surface area contributed by atoms with Crippen molar-refractivity contribution in [3.63, 3.8) is 0 Å². The molecule has 17 aromatic carbocycles. The predicted molar refractivity (Wildman–Crippen MR) is 460 cm³/mol. The van der Waals surface area contributed by atoms with Crippen LogP contribution in [0.4, 0.5) is 34.1 Å². The molecule has 2 nitrogen and oxygen atoms in total. The lowest BCUT2D eigenvalue weighted by Crippen LogP contribution is -2.74. The lowest BCUT2D eigenvalue weighted by molar-refractivity contribution is 1.25. The second kappa shape index (κ2) is 27.8. The van der Waals surface area contributed by atoms with Crippen LogP contribution in [0.5, 0.6) is 0 Å². The molecule has 0 saturated heterocycles. The first-order valence-electron chi connectivity index (χ1n) is 37.2. The molecule has 0 aromatic heterocycles. The fourth-order valence-corrected chi connectivity index (χ4v) is 27.4. The van der Waals surface area contributed by atoms with Crippen LogP contribution in [0.15, 0.2) is 443 Å². The summed E-state index contributed by atoms with van der Waals surface area (Å²) in [6, 6.07) is 167. The van der Waals surface area contributed by atoms with Crippen molar-refractivity contribution in [2.45, 2.75) is 0 Å². The zero-order valence-electron chi connectivity index (χ0n) is 59.1. The van der Waals surface area contributed by atoms with Gasteiger partial charge < -0.3 is 9.80 Å². The third-order valence-corrected chi connectivity index (χ3v) is 31.9. The summed E-state index contributed by atoms with van der Waals surface area (Å²) in [6.45, 7) is -0.176. The van der Waals surface area contributed by atoms with Gasteiger partial charge in [-0.05, 0) is 150 Å². The minimum absolute atomic E-state index is 0.176. The van der Waals surface area contributed by atoms with E-state index in [1.54, 1.807) is 0 Å². The van der Waals surface area contributed by atoms with E-state index in [9.17, 15) is 0 Å². The van der Waals surface area contributed by atoms with Crippen molar-refractivity contribution in [3.8, 4) is 66.8 Å². The van der Waals surface area contributed by atoms with Crippen LogP contribution in [-0.4, -0.2) is 22.9 Å². The smallest absolute Gasteiger partial charge is 0.252 e. The first-order chi connectivity index (χ1) is 53.1. The fraction of sp³-hybridized carbons (Fsp3) is 0. The van der Waals surface area contributed by atoms with Gasteiger partial charge in [-0.25, -0.2) is 0 Å². The highest BCUT2D eigenvalue weighted by molar-refractivity contribution is 7.20. The number of rotatable bonds is 16. The third-order valence-electron chi connectivity index (χ3n) is 22.4. The Morgan fingerprint density at radius 2 is 0.393 bits per heavy atom. The number of hydrogen-bond acceptors (Lipinski definition) is 2. The summed E-state index contributed by atoms with van der Waals surface area (Å²) >= 11 is 0. The molecule has 0 aliphatic carbocycles. The first-order valence-corrected chi connectivity index (χ1v) is 41.2. The van der Waals surface area contributed by atoms with E-state index in [2.05, 4.69) is 453 Å². The van der Waals surface area contributed by atoms with E-state index in [4.69, 9.17) is 0 Å². The molecule has 0 spiro atoms. The van der Waals surface area contributed by atoms with Gasteiger partial charge in [0.15, 0.2) is 16.1 Å². The van der Waals surface area contributed by atoms with Gasteiger partial charge in [0.25, 0.3) is 6.71 Å². The summed E-state index contributed by atoms with van der Waals surface area (Å²) in [5.74, 6) is 0. The van der Waals surface area contributed by atoms with Crippen LogP contribution < -0.4 is 67.7 Å². The van der Waals surface area contributed by atoms with E-state index in [1.165, 1.54) is 91.3 Å². The Bertz CT molecular complexity index is 5520. The minimum atomic E-state index is -2.96. The molecule has 17 aromatic rings. The molecule has 0 N–H and O–H groups in total. The molecule has 0 amide bonds. The molecule has 2 aliphatic heterocycles. The van der Waals surface area contributed by atoms with Crippen molar-refractivity contribution in [2.24, 2.45) is 0 Å². The molecule has 0 bridgehead atoms. The largest absolute Gasteiger partial charge is 0.311 e. The molecule has 2 aliphatic rings. The highest BCUT2D eigenvalue weighted by Crippen LogP contribution is 2.50. The van der Waals surface area contributed by atoms with Crippen LogP contribution in [0.1, 0.15) is 0 Å². The average Bonchev–Trinajstić information content (AvgIpc) is 0.694. The summed E-state index contributed by atoms with van der Waals surface area (Å²) in [7, 11) is -5.91. The third kappa shape index (κ3) is 11.1. The average molecular weight is 1390 g/mol. The molecule has 19 rings (SSSR count). The second-order valence-electron chi connectivity index (χ2n) is 28.1. The van der Waals surface area contributed by atoms with E-state index >= 15 is 0 Å². The predicted octanol–water partition coefficient (Wildman–Crippen LogP) is 18.5. The molecule has 0 radical (unpaired) electrons. The quantitative estimate of drug-likeness (QED) is 0.0703. The van der Waals surface area contributed by atoms with E-state index in [-0.39, 0.29) is 6.71 Å². The van der Waals surface area contributed by atoms with Crippen molar-refractivity contribution in [1.82, 2.24) is 0 Å². The number of fused-ring (bicyclic) bond motifs is 4. The lowest BCUT2D eigenvalue weighted by Gasteiger charge is -2.45. The Hall–Kier alpha value is -13.2. The van der Waals surface area contributed by atoms with E-state index in [0.717, 1.165) is 67.5 Å². The SMILES string of the molecule is c1ccc(-c2ccccc2-c2ccc3c(c2)N(c2ccccc2-c2cccc([Si](c4ccccc4)(c4ccccc4)c4ccccc4)c2)c2cccc4c2B3c2ccc(-c3ccccc3-c3ccccc3)cc2N4c2ccccc2-c2cccc([Si](c3ccccc3)(c3ccccc3)c3ccccc3)c2)cc1. The number of nitrogens with zero attached hydrogens (tertiary/aromatic N) is 2. The van der Waals surface area contributed by atoms with Gasteiger partial charge in [-0.1, -0.05) is 406 Å². The molecule has 0 fully saturated rings. The van der Waals surface area contributed by atoms with Crippen molar-refractivity contribution < 1.29 is 0 Å². The molecule has 2 heterocycles. The number of hydrogen-bond donors (Lipinski definition) is 0. The van der Waals surface area contributed by atoms with Gasteiger partial charge in [0.05, 0.1) is 11.4 Å². The molecular weight excluding hydrogens is 1320 g/mol. The maximum Gasteiger partial charge on any atom is 0.252 e. The zero-order chi connectivity index (χ0) is 71.1. The molecule has 107 heavy (non-hydrogen) atoms. The summed E-state index contributed by atoms with van der Waals surface area (Å²) in [6.07, 6.45) is 0. The maximum absolute atomic E-state index is 2.96. The second-order valence-corrected chi connectivity index (χ2v) is 35.7. The van der Waals surface area contributed by atoms with Crippen LogP contribution in [0.3, 0.4) is 0 Å². The van der Waals surface area contributed by atoms with Crippen molar-refractivity contribution in [3.05, 3.63) is 443 Å². The Morgan fingerprint density at radius 3 is 0.720 bits per heavy atom. The molecular formula is C102H73BN2Si2. The zero-order valence-corrected chi connectivity index (χ0v) is 61.1.